The second-order valence-corrected chi connectivity index (χ2v) is 13.1. The molecule has 0 spiro atoms. The van der Waals surface area contributed by atoms with Gasteiger partial charge < -0.3 is 20.7 Å². The Labute approximate surface area is 295 Å². The van der Waals surface area contributed by atoms with Gasteiger partial charge in [-0.2, -0.15) is 26.3 Å². The third-order valence-corrected chi connectivity index (χ3v) is 8.68. The fourth-order valence-corrected chi connectivity index (χ4v) is 5.92. The van der Waals surface area contributed by atoms with E-state index in [1.165, 1.54) is 6.20 Å². The van der Waals surface area contributed by atoms with Crippen LogP contribution in [-0.4, -0.2) is 49.2 Å². The molecule has 0 saturated heterocycles. The number of alkyl halides is 6. The smallest absolute Gasteiger partial charge is 0.423 e. The number of benzene rings is 2. The van der Waals surface area contributed by atoms with Gasteiger partial charge in [0.15, 0.2) is 0 Å². The molecule has 0 unspecified atom stereocenters. The molecular weight excluding hydrogens is 729 g/mol. The number of rotatable bonds is 6. The number of nitrogens with one attached hydrogen (secondary N) is 2. The molecule has 50 heavy (non-hydrogen) atoms. The van der Waals surface area contributed by atoms with E-state index >= 15 is 0 Å². The lowest BCUT2D eigenvalue weighted by molar-refractivity contribution is -0.145. The average molecular weight is 767 g/mol. The standard InChI is InChI=1S/C17H18F3N3.C10H11BrF3N3.C7H9BO2/c1-11-5-4-6-12(9-11)14-10-21-16(17(18,19)20)23-15(14)22-13-7-2-3-8-13;11-7-5-15-9(10(12,13)14)17-8(7)16-6-3-1-2-4-6;1-6-3-2-4-7(5-6)8(9)10/h4-6,9-10,13H,2-3,7-8H2,1H3,(H,21,22,23);5-6H,1-4H2,(H,15,16,17);2-5,9-10H,1H3. The van der Waals surface area contributed by atoms with Crippen molar-refractivity contribution in [3.05, 3.63) is 88.2 Å². The molecule has 6 rings (SSSR count). The largest absolute Gasteiger partial charge is 0.488 e. The maximum Gasteiger partial charge on any atom is 0.488 e. The van der Waals surface area contributed by atoms with Gasteiger partial charge in [0.25, 0.3) is 0 Å². The Morgan fingerprint density at radius 2 is 1.18 bits per heavy atom. The number of hydrogen-bond donors (Lipinski definition) is 4. The van der Waals surface area contributed by atoms with E-state index < -0.39 is 31.1 Å². The van der Waals surface area contributed by atoms with E-state index in [2.05, 4.69) is 46.5 Å². The van der Waals surface area contributed by atoms with Gasteiger partial charge in [0.1, 0.15) is 11.6 Å². The molecular formula is C34H38BBrF6N6O2. The molecule has 2 aromatic carbocycles. The summed E-state index contributed by atoms with van der Waals surface area (Å²) in [5.74, 6) is -1.72. The zero-order chi connectivity index (χ0) is 36.5. The van der Waals surface area contributed by atoms with E-state index in [1.54, 1.807) is 18.2 Å². The molecule has 8 nitrogen and oxygen atoms in total. The summed E-state index contributed by atoms with van der Waals surface area (Å²) in [5, 5.41) is 23.6. The third-order valence-electron chi connectivity index (χ3n) is 8.10. The van der Waals surface area contributed by atoms with E-state index in [9.17, 15) is 26.3 Å². The lowest BCUT2D eigenvalue weighted by Crippen LogP contribution is -2.29. The normalized spacial score (nSPS) is 15.1. The van der Waals surface area contributed by atoms with Crippen LogP contribution in [0.15, 0.2) is 65.4 Å². The molecule has 2 aromatic heterocycles. The van der Waals surface area contributed by atoms with Crippen molar-refractivity contribution in [2.24, 2.45) is 0 Å². The first-order valence-electron chi connectivity index (χ1n) is 16.2. The molecule has 2 saturated carbocycles. The molecule has 2 aliphatic carbocycles. The van der Waals surface area contributed by atoms with Crippen LogP contribution >= 0.6 is 15.9 Å². The van der Waals surface area contributed by atoms with Crippen LogP contribution in [0.5, 0.6) is 0 Å². The molecule has 0 bridgehead atoms. The first kappa shape index (κ1) is 39.0. The minimum Gasteiger partial charge on any atom is -0.423 e. The predicted molar refractivity (Wildman–Crippen MR) is 185 cm³/mol. The number of hydrogen-bond acceptors (Lipinski definition) is 8. The Kier molecular flexibility index (Phi) is 13.6. The van der Waals surface area contributed by atoms with Crippen molar-refractivity contribution >= 4 is 40.1 Å². The highest BCUT2D eigenvalue weighted by Gasteiger charge is 2.36. The van der Waals surface area contributed by atoms with Gasteiger partial charge in [-0.3, -0.25) is 0 Å². The van der Waals surface area contributed by atoms with Gasteiger partial charge >= 0.3 is 19.5 Å². The topological polar surface area (TPSA) is 116 Å². The minimum atomic E-state index is -4.54. The lowest BCUT2D eigenvalue weighted by atomic mass is 9.80. The summed E-state index contributed by atoms with van der Waals surface area (Å²) in [6, 6.07) is 15.1. The SMILES string of the molecule is Cc1cccc(-c2cnc(C(F)(F)F)nc2NC2CCCC2)c1.Cc1cccc(B(O)O)c1.FC(F)(F)c1ncc(Br)c(NC2CCCC2)n1. The van der Waals surface area contributed by atoms with E-state index in [4.69, 9.17) is 10.0 Å². The fraction of sp³-hybridized carbons (Fsp3) is 0.412. The highest BCUT2D eigenvalue weighted by molar-refractivity contribution is 9.10. The van der Waals surface area contributed by atoms with Gasteiger partial charge in [-0.15, -0.1) is 0 Å². The molecule has 4 N–H and O–H groups in total. The maximum absolute atomic E-state index is 12.9. The molecule has 0 radical (unpaired) electrons. The summed E-state index contributed by atoms with van der Waals surface area (Å²) in [7, 11) is -1.35. The summed E-state index contributed by atoms with van der Waals surface area (Å²) < 4.78 is 76.6. The first-order valence-corrected chi connectivity index (χ1v) is 17.0. The second-order valence-electron chi connectivity index (χ2n) is 12.3. The van der Waals surface area contributed by atoms with E-state index in [-0.39, 0.29) is 23.7 Å². The summed E-state index contributed by atoms with van der Waals surface area (Å²) in [5.41, 5.74) is 4.03. The van der Waals surface area contributed by atoms with Crippen molar-refractivity contribution in [3.8, 4) is 11.1 Å². The van der Waals surface area contributed by atoms with Crippen molar-refractivity contribution in [3.63, 3.8) is 0 Å². The van der Waals surface area contributed by atoms with Crippen LogP contribution in [0.1, 0.15) is 74.1 Å². The maximum atomic E-state index is 12.9. The van der Waals surface area contributed by atoms with E-state index in [0.717, 1.165) is 74.3 Å². The Balaban J connectivity index is 0.000000182. The Hall–Kier alpha value is -3.76. The quantitative estimate of drug-likeness (QED) is 0.115. The molecule has 0 atom stereocenters. The van der Waals surface area contributed by atoms with Crippen LogP contribution in [0.4, 0.5) is 38.0 Å². The Morgan fingerprint density at radius 1 is 0.700 bits per heavy atom. The van der Waals surface area contributed by atoms with Gasteiger partial charge in [-0.1, -0.05) is 85.3 Å². The summed E-state index contributed by atoms with van der Waals surface area (Å²) in [6.45, 7) is 3.85. The monoisotopic (exact) mass is 766 g/mol. The predicted octanol–water partition coefficient (Wildman–Crippen LogP) is 8.11. The molecule has 4 aromatic rings. The molecule has 2 aliphatic rings. The van der Waals surface area contributed by atoms with Crippen LogP contribution in [0.2, 0.25) is 0 Å². The van der Waals surface area contributed by atoms with Crippen molar-refractivity contribution < 1.29 is 36.4 Å². The second kappa shape index (κ2) is 17.4. The van der Waals surface area contributed by atoms with Gasteiger partial charge in [0.05, 0.1) is 4.47 Å². The fourth-order valence-electron chi connectivity index (χ4n) is 5.61. The van der Waals surface area contributed by atoms with E-state index in [0.29, 0.717) is 15.5 Å². The number of aryl methyl sites for hydroxylation is 2. The number of halogens is 7. The van der Waals surface area contributed by atoms with Crippen molar-refractivity contribution in [1.29, 1.82) is 0 Å². The lowest BCUT2D eigenvalue weighted by Gasteiger charge is -2.17. The van der Waals surface area contributed by atoms with Gasteiger partial charge in [-0.25, -0.2) is 19.9 Å². The third kappa shape index (κ3) is 11.7. The highest BCUT2D eigenvalue weighted by atomic mass is 79.9. The van der Waals surface area contributed by atoms with Crippen LogP contribution in [0.25, 0.3) is 11.1 Å². The first-order chi connectivity index (χ1) is 23.6. The van der Waals surface area contributed by atoms with Crippen LogP contribution in [-0.2, 0) is 12.4 Å². The highest BCUT2D eigenvalue weighted by Crippen LogP contribution is 2.34. The number of anilines is 2. The summed E-state index contributed by atoms with van der Waals surface area (Å²) in [6.07, 6.45) is 1.59. The zero-order valence-electron chi connectivity index (χ0n) is 27.5. The Morgan fingerprint density at radius 3 is 1.66 bits per heavy atom. The molecule has 2 fully saturated rings. The molecule has 0 aliphatic heterocycles. The molecule has 16 heteroatoms. The van der Waals surface area contributed by atoms with E-state index in [1.807, 2.05) is 44.2 Å². The van der Waals surface area contributed by atoms with Crippen LogP contribution in [0, 0.1) is 13.8 Å². The van der Waals surface area contributed by atoms with Gasteiger partial charge in [-0.05, 0) is 66.5 Å². The minimum absolute atomic E-state index is 0.176. The number of nitrogens with zero attached hydrogens (tertiary/aromatic N) is 4. The van der Waals surface area contributed by atoms with Crippen molar-refractivity contribution in [1.82, 2.24) is 19.9 Å². The molecule has 268 valence electrons. The van der Waals surface area contributed by atoms with Crippen molar-refractivity contribution in [2.75, 3.05) is 10.6 Å². The van der Waals surface area contributed by atoms with Gasteiger partial charge in [0, 0.05) is 30.0 Å². The zero-order valence-corrected chi connectivity index (χ0v) is 29.1. The van der Waals surface area contributed by atoms with Crippen LogP contribution in [0.3, 0.4) is 0 Å². The summed E-state index contributed by atoms with van der Waals surface area (Å²) >= 11 is 3.15. The summed E-state index contributed by atoms with van der Waals surface area (Å²) in [4.78, 5) is 14.1. The number of aromatic nitrogens is 4. The Bertz CT molecular complexity index is 1700. The van der Waals surface area contributed by atoms with Crippen LogP contribution < -0.4 is 16.1 Å². The average Bonchev–Trinajstić information content (AvgIpc) is 3.77. The molecule has 0 amide bonds. The van der Waals surface area contributed by atoms with Crippen molar-refractivity contribution in [2.45, 2.75) is 89.7 Å². The molecule has 2 heterocycles. The van der Waals surface area contributed by atoms with Gasteiger partial charge in [0.2, 0.25) is 11.6 Å².